The summed E-state index contributed by atoms with van der Waals surface area (Å²) < 4.78 is 0. The number of hydrogen-bond donors (Lipinski definition) is 0. The number of thioether (sulfide) groups is 1. The normalized spacial score (nSPS) is 28.9. The van der Waals surface area contributed by atoms with E-state index in [0.29, 0.717) is 5.25 Å². The van der Waals surface area contributed by atoms with E-state index < -0.39 is 0 Å². The van der Waals surface area contributed by atoms with Crippen molar-refractivity contribution in [1.29, 1.82) is 0 Å². The van der Waals surface area contributed by atoms with E-state index in [2.05, 4.69) is 13.8 Å². The lowest BCUT2D eigenvalue weighted by Gasteiger charge is -2.30. The molecule has 17 heavy (non-hydrogen) atoms. The molecule has 1 aliphatic rings. The Labute approximate surface area is 108 Å². The maximum Gasteiger partial charge on any atom is 0.219 e. The van der Waals surface area contributed by atoms with Gasteiger partial charge < -0.3 is 0 Å². The van der Waals surface area contributed by atoms with Crippen LogP contribution >= 0.6 is 11.8 Å². The summed E-state index contributed by atoms with van der Waals surface area (Å²) in [5, 5.41) is 0.748. The van der Waals surface area contributed by atoms with Crippen LogP contribution in [-0.2, 0) is 0 Å². The smallest absolute Gasteiger partial charge is 0.219 e. The van der Waals surface area contributed by atoms with Gasteiger partial charge in [0.15, 0.2) is 0 Å². The summed E-state index contributed by atoms with van der Waals surface area (Å²) in [7, 11) is 0. The van der Waals surface area contributed by atoms with Crippen LogP contribution in [0.1, 0.15) is 43.5 Å². The minimum atomic E-state index is 0.233. The Kier molecular flexibility index (Phi) is 4.27. The fourth-order valence-electron chi connectivity index (χ4n) is 2.76. The van der Waals surface area contributed by atoms with Gasteiger partial charge in [-0.1, -0.05) is 55.9 Å². The van der Waals surface area contributed by atoms with E-state index in [1.165, 1.54) is 19.3 Å². The van der Waals surface area contributed by atoms with Crippen LogP contribution in [0, 0.1) is 11.8 Å². The van der Waals surface area contributed by atoms with Gasteiger partial charge in [0.25, 0.3) is 0 Å². The predicted molar refractivity (Wildman–Crippen MR) is 74.3 cm³/mol. The quantitative estimate of drug-likeness (QED) is 0.772. The molecule has 0 radical (unpaired) electrons. The Morgan fingerprint density at radius 3 is 2.24 bits per heavy atom. The summed E-state index contributed by atoms with van der Waals surface area (Å²) in [5.41, 5.74) is 0.836. The summed E-state index contributed by atoms with van der Waals surface area (Å²) in [6, 6.07) is 9.63. The van der Waals surface area contributed by atoms with E-state index in [1.54, 1.807) is 11.8 Å². The molecule has 3 atom stereocenters. The number of carbonyl (C=O) groups excluding carboxylic acids is 1. The molecule has 92 valence electrons. The average Bonchev–Trinajstić information content (AvgIpc) is 2.28. The van der Waals surface area contributed by atoms with Crippen molar-refractivity contribution in [3.8, 4) is 0 Å². The molecule has 1 aliphatic carbocycles. The lowest BCUT2D eigenvalue weighted by Crippen LogP contribution is -2.22. The first-order chi connectivity index (χ1) is 8.15. The highest BCUT2D eigenvalue weighted by atomic mass is 32.2. The van der Waals surface area contributed by atoms with Crippen molar-refractivity contribution >= 4 is 16.9 Å². The summed E-state index contributed by atoms with van der Waals surface area (Å²) in [6.07, 6.45) is 3.69. The lowest BCUT2D eigenvalue weighted by atomic mass is 9.83. The fourth-order valence-corrected chi connectivity index (χ4v) is 4.19. The number of hydrogen-bond acceptors (Lipinski definition) is 2. The molecule has 1 nitrogen and oxygen atoms in total. The second-order valence-corrected chi connectivity index (χ2v) is 6.58. The average molecular weight is 248 g/mol. The minimum Gasteiger partial charge on any atom is -0.282 e. The summed E-state index contributed by atoms with van der Waals surface area (Å²) in [6.45, 7) is 4.60. The van der Waals surface area contributed by atoms with Gasteiger partial charge in [-0.2, -0.15) is 0 Å². The molecule has 1 fully saturated rings. The monoisotopic (exact) mass is 248 g/mol. The van der Waals surface area contributed by atoms with Gasteiger partial charge in [-0.25, -0.2) is 0 Å². The first kappa shape index (κ1) is 12.7. The van der Waals surface area contributed by atoms with Gasteiger partial charge in [-0.3, -0.25) is 4.79 Å². The van der Waals surface area contributed by atoms with Crippen molar-refractivity contribution in [2.45, 2.75) is 38.4 Å². The van der Waals surface area contributed by atoms with Gasteiger partial charge in [0.1, 0.15) is 0 Å². The van der Waals surface area contributed by atoms with Crippen LogP contribution < -0.4 is 0 Å². The van der Waals surface area contributed by atoms with E-state index in [1.807, 2.05) is 30.3 Å². The third-order valence-electron chi connectivity index (χ3n) is 3.42. The zero-order valence-corrected chi connectivity index (χ0v) is 11.4. The molecule has 1 unspecified atom stereocenters. The fraction of sp³-hybridized carbons (Fsp3) is 0.533. The van der Waals surface area contributed by atoms with Crippen LogP contribution in [0.25, 0.3) is 0 Å². The van der Waals surface area contributed by atoms with Gasteiger partial charge >= 0.3 is 0 Å². The minimum absolute atomic E-state index is 0.233. The van der Waals surface area contributed by atoms with E-state index in [-0.39, 0.29) is 5.12 Å². The molecular weight excluding hydrogens is 228 g/mol. The SMILES string of the molecule is C[C@@H]1CC(SC(=O)c2ccccc2)C[C@H](C)C1. The van der Waals surface area contributed by atoms with Crippen LogP contribution in [0.5, 0.6) is 0 Å². The summed E-state index contributed by atoms with van der Waals surface area (Å²) in [4.78, 5) is 12.1. The zero-order chi connectivity index (χ0) is 12.3. The van der Waals surface area contributed by atoms with Gasteiger partial charge in [0.2, 0.25) is 5.12 Å². The molecule has 0 aliphatic heterocycles. The molecule has 0 bridgehead atoms. The molecular formula is C15H20OS. The highest BCUT2D eigenvalue weighted by molar-refractivity contribution is 8.14. The molecule has 1 aromatic rings. The van der Waals surface area contributed by atoms with Crippen molar-refractivity contribution in [3.63, 3.8) is 0 Å². The maximum absolute atomic E-state index is 12.1. The van der Waals surface area contributed by atoms with Crippen molar-refractivity contribution in [2.24, 2.45) is 11.8 Å². The Bertz CT molecular complexity index is 364. The summed E-state index contributed by atoms with van der Waals surface area (Å²) >= 11 is 1.54. The molecule has 0 aromatic heterocycles. The van der Waals surface area contributed by atoms with E-state index in [9.17, 15) is 4.79 Å². The van der Waals surface area contributed by atoms with Crippen molar-refractivity contribution in [3.05, 3.63) is 35.9 Å². The first-order valence-electron chi connectivity index (χ1n) is 6.41. The number of benzene rings is 1. The first-order valence-corrected chi connectivity index (χ1v) is 7.29. The van der Waals surface area contributed by atoms with E-state index in [4.69, 9.17) is 0 Å². The second-order valence-electron chi connectivity index (χ2n) is 5.31. The largest absolute Gasteiger partial charge is 0.282 e. The molecule has 0 heterocycles. The molecule has 0 saturated heterocycles. The van der Waals surface area contributed by atoms with Crippen molar-refractivity contribution in [1.82, 2.24) is 0 Å². The summed E-state index contributed by atoms with van der Waals surface area (Å²) in [5.74, 6) is 1.53. The van der Waals surface area contributed by atoms with Crippen LogP contribution in [0.15, 0.2) is 30.3 Å². The highest BCUT2D eigenvalue weighted by Gasteiger charge is 2.26. The molecule has 2 rings (SSSR count). The molecule has 0 N–H and O–H groups in total. The Hall–Kier alpha value is -0.760. The highest BCUT2D eigenvalue weighted by Crippen LogP contribution is 2.36. The molecule has 1 aromatic carbocycles. The third kappa shape index (κ3) is 3.60. The second kappa shape index (κ2) is 5.72. The third-order valence-corrected chi connectivity index (χ3v) is 4.59. The lowest BCUT2D eigenvalue weighted by molar-refractivity contribution is 0.108. The van der Waals surface area contributed by atoms with Gasteiger partial charge in [-0.15, -0.1) is 0 Å². The van der Waals surface area contributed by atoms with Crippen LogP contribution in [0.4, 0.5) is 0 Å². The molecule has 0 amide bonds. The van der Waals surface area contributed by atoms with Gasteiger partial charge in [0, 0.05) is 10.8 Å². The molecule has 1 saturated carbocycles. The predicted octanol–water partition coefficient (Wildman–Crippen LogP) is 4.38. The number of carbonyl (C=O) groups is 1. The van der Waals surface area contributed by atoms with Crippen molar-refractivity contribution < 1.29 is 4.79 Å². The Morgan fingerprint density at radius 1 is 1.06 bits per heavy atom. The standard InChI is InChI=1S/C15H20OS/c1-11-8-12(2)10-14(9-11)17-15(16)13-6-4-3-5-7-13/h3-7,11-12,14H,8-10H2,1-2H3/t11-,12+,14?. The van der Waals surface area contributed by atoms with E-state index in [0.717, 1.165) is 17.4 Å². The molecule has 0 spiro atoms. The van der Waals surface area contributed by atoms with Crippen LogP contribution in [-0.4, -0.2) is 10.4 Å². The maximum atomic E-state index is 12.1. The number of rotatable bonds is 2. The van der Waals surface area contributed by atoms with Crippen molar-refractivity contribution in [2.75, 3.05) is 0 Å². The van der Waals surface area contributed by atoms with Gasteiger partial charge in [-0.05, 0) is 31.1 Å². The topological polar surface area (TPSA) is 17.1 Å². The van der Waals surface area contributed by atoms with Crippen LogP contribution in [0.3, 0.4) is 0 Å². The zero-order valence-electron chi connectivity index (χ0n) is 10.6. The Morgan fingerprint density at radius 2 is 1.65 bits per heavy atom. The van der Waals surface area contributed by atoms with E-state index >= 15 is 0 Å². The van der Waals surface area contributed by atoms with Gasteiger partial charge in [0.05, 0.1) is 0 Å². The molecule has 2 heteroatoms. The Balaban J connectivity index is 1.95. The van der Waals surface area contributed by atoms with Crippen LogP contribution in [0.2, 0.25) is 0 Å².